The number of rotatable bonds is 2. The third-order valence-corrected chi connectivity index (χ3v) is 1.71. The molecular weight excluding hydrogens is 192 g/mol. The molecule has 3 nitrogen and oxygen atoms in total. The normalized spacial score (nSPS) is 9.69. The van der Waals surface area contributed by atoms with Gasteiger partial charge in [-0.2, -0.15) is 0 Å². The molecule has 0 fully saturated rings. The number of phenolic OH excluding ortho intramolecular Hbond substituents is 1. The molecule has 0 atom stereocenters. The van der Waals surface area contributed by atoms with Gasteiger partial charge in [0.25, 0.3) is 0 Å². The molecule has 0 aliphatic heterocycles. The molecule has 0 aromatic heterocycles. The van der Waals surface area contributed by atoms with Gasteiger partial charge in [-0.3, -0.25) is 4.79 Å². The quantitative estimate of drug-likeness (QED) is 0.744. The van der Waals surface area contributed by atoms with Gasteiger partial charge < -0.3 is 9.84 Å². The number of halogens is 1. The number of ether oxygens (including phenoxy) is 1. The zero-order chi connectivity index (χ0) is 9.84. The van der Waals surface area contributed by atoms with Gasteiger partial charge in [-0.15, -0.1) is 0 Å². The zero-order valence-electron chi connectivity index (χ0n) is 7.08. The van der Waals surface area contributed by atoms with Crippen molar-refractivity contribution in [2.24, 2.45) is 0 Å². The van der Waals surface area contributed by atoms with Gasteiger partial charge in [0.05, 0.1) is 0 Å². The fourth-order valence-electron chi connectivity index (χ4n) is 0.838. The number of esters is 1. The number of hydrogen-bond acceptors (Lipinski definition) is 3. The smallest absolute Gasteiger partial charge is 0.302 e. The Hall–Kier alpha value is -1.22. The summed E-state index contributed by atoms with van der Waals surface area (Å²) < 4.78 is 4.71. The summed E-state index contributed by atoms with van der Waals surface area (Å²) in [6, 6.07) is 4.64. The van der Waals surface area contributed by atoms with Crippen LogP contribution in [0.2, 0.25) is 5.02 Å². The standard InChI is InChI=1S/C9H9ClO3/c1-6(11)13-5-7-2-3-8(10)4-9(7)12/h2-4,12H,5H2,1H3. The molecular formula is C9H9ClO3. The van der Waals surface area contributed by atoms with E-state index in [2.05, 4.69) is 0 Å². The summed E-state index contributed by atoms with van der Waals surface area (Å²) in [6.07, 6.45) is 0. The van der Waals surface area contributed by atoms with Crippen molar-refractivity contribution in [2.45, 2.75) is 13.5 Å². The Morgan fingerprint density at radius 3 is 2.85 bits per heavy atom. The highest BCUT2D eigenvalue weighted by molar-refractivity contribution is 6.30. The second kappa shape index (κ2) is 4.14. The molecule has 0 bridgehead atoms. The van der Waals surface area contributed by atoms with E-state index in [1.54, 1.807) is 12.1 Å². The van der Waals surface area contributed by atoms with Gasteiger partial charge in [-0.1, -0.05) is 17.7 Å². The molecule has 0 unspecified atom stereocenters. The minimum absolute atomic E-state index is 0.0359. The van der Waals surface area contributed by atoms with Crippen LogP contribution in [-0.4, -0.2) is 11.1 Å². The van der Waals surface area contributed by atoms with Crippen molar-refractivity contribution in [1.82, 2.24) is 0 Å². The molecule has 1 aromatic rings. The summed E-state index contributed by atoms with van der Waals surface area (Å²) in [7, 11) is 0. The highest BCUT2D eigenvalue weighted by atomic mass is 35.5. The largest absolute Gasteiger partial charge is 0.507 e. The van der Waals surface area contributed by atoms with Crippen molar-refractivity contribution in [3.63, 3.8) is 0 Å². The first-order valence-corrected chi connectivity index (χ1v) is 4.08. The van der Waals surface area contributed by atoms with E-state index < -0.39 is 0 Å². The van der Waals surface area contributed by atoms with Crippen molar-refractivity contribution < 1.29 is 14.6 Å². The molecule has 70 valence electrons. The number of hydrogen-bond donors (Lipinski definition) is 1. The Morgan fingerprint density at radius 1 is 1.62 bits per heavy atom. The molecule has 1 N–H and O–H groups in total. The molecule has 0 radical (unpaired) electrons. The van der Waals surface area contributed by atoms with Crippen molar-refractivity contribution in [3.8, 4) is 5.75 Å². The van der Waals surface area contributed by atoms with Gasteiger partial charge in [0.2, 0.25) is 0 Å². The monoisotopic (exact) mass is 200 g/mol. The van der Waals surface area contributed by atoms with Crippen molar-refractivity contribution in [1.29, 1.82) is 0 Å². The highest BCUT2D eigenvalue weighted by Gasteiger charge is 2.03. The maximum absolute atomic E-state index is 10.5. The van der Waals surface area contributed by atoms with Crippen LogP contribution in [0.1, 0.15) is 12.5 Å². The Bertz CT molecular complexity index is 323. The molecule has 0 aliphatic carbocycles. The lowest BCUT2D eigenvalue weighted by atomic mass is 10.2. The number of carbonyl (C=O) groups excluding carboxylic acids is 1. The van der Waals surface area contributed by atoms with E-state index in [1.807, 2.05) is 0 Å². The summed E-state index contributed by atoms with van der Waals surface area (Å²) >= 11 is 5.61. The zero-order valence-corrected chi connectivity index (χ0v) is 7.84. The van der Waals surface area contributed by atoms with E-state index in [1.165, 1.54) is 13.0 Å². The van der Waals surface area contributed by atoms with E-state index in [0.717, 1.165) is 0 Å². The molecule has 13 heavy (non-hydrogen) atoms. The van der Waals surface area contributed by atoms with Crippen LogP contribution < -0.4 is 0 Å². The van der Waals surface area contributed by atoms with Crippen LogP contribution in [-0.2, 0) is 16.1 Å². The van der Waals surface area contributed by atoms with Gasteiger partial charge in [-0.05, 0) is 12.1 Å². The van der Waals surface area contributed by atoms with Gasteiger partial charge >= 0.3 is 5.97 Å². The molecule has 0 saturated carbocycles. The summed E-state index contributed by atoms with van der Waals surface area (Å²) in [5.41, 5.74) is 0.541. The molecule has 0 heterocycles. The minimum Gasteiger partial charge on any atom is -0.507 e. The van der Waals surface area contributed by atoms with Crippen LogP contribution in [0.5, 0.6) is 5.75 Å². The van der Waals surface area contributed by atoms with E-state index >= 15 is 0 Å². The van der Waals surface area contributed by atoms with Crippen molar-refractivity contribution in [3.05, 3.63) is 28.8 Å². The van der Waals surface area contributed by atoms with Crippen LogP contribution in [0.3, 0.4) is 0 Å². The summed E-state index contributed by atoms with van der Waals surface area (Å²) in [5.74, 6) is -0.344. The van der Waals surface area contributed by atoms with E-state index in [9.17, 15) is 9.90 Å². The second-order valence-corrected chi connectivity index (χ2v) is 2.99. The van der Waals surface area contributed by atoms with E-state index in [-0.39, 0.29) is 18.3 Å². The number of aromatic hydroxyl groups is 1. The number of phenols is 1. The average molecular weight is 201 g/mol. The predicted molar refractivity (Wildman–Crippen MR) is 48.6 cm³/mol. The first-order chi connectivity index (χ1) is 6.09. The van der Waals surface area contributed by atoms with Crippen LogP contribution in [0, 0.1) is 0 Å². The van der Waals surface area contributed by atoms with Crippen molar-refractivity contribution in [2.75, 3.05) is 0 Å². The molecule has 0 aliphatic rings. The summed E-state index contributed by atoms with van der Waals surface area (Å²) in [5, 5.41) is 9.78. The topological polar surface area (TPSA) is 46.5 Å². The van der Waals surface area contributed by atoms with E-state index in [0.29, 0.717) is 10.6 Å². The molecule has 4 heteroatoms. The fraction of sp³-hybridized carbons (Fsp3) is 0.222. The summed E-state index contributed by atoms with van der Waals surface area (Å²) in [4.78, 5) is 10.5. The lowest BCUT2D eigenvalue weighted by molar-refractivity contribution is -0.142. The average Bonchev–Trinajstić information content (AvgIpc) is 2.02. The molecule has 0 amide bonds. The Balaban J connectivity index is 2.72. The Labute approximate surface area is 80.9 Å². The van der Waals surface area contributed by atoms with Crippen LogP contribution in [0.4, 0.5) is 0 Å². The first-order valence-electron chi connectivity index (χ1n) is 3.70. The maximum atomic E-state index is 10.5. The Kier molecular flexibility index (Phi) is 3.14. The second-order valence-electron chi connectivity index (χ2n) is 2.55. The fourth-order valence-corrected chi connectivity index (χ4v) is 1.00. The predicted octanol–water partition coefficient (Wildman–Crippen LogP) is 2.11. The number of carbonyl (C=O) groups is 1. The summed E-state index contributed by atoms with van der Waals surface area (Å²) in [6.45, 7) is 1.38. The molecule has 0 saturated heterocycles. The van der Waals surface area contributed by atoms with Gasteiger partial charge in [0.1, 0.15) is 12.4 Å². The molecule has 0 spiro atoms. The van der Waals surface area contributed by atoms with Crippen LogP contribution >= 0.6 is 11.6 Å². The Morgan fingerprint density at radius 2 is 2.31 bits per heavy atom. The SMILES string of the molecule is CC(=O)OCc1ccc(Cl)cc1O. The molecule has 1 aromatic carbocycles. The lowest BCUT2D eigenvalue weighted by Gasteiger charge is -2.04. The van der Waals surface area contributed by atoms with Gasteiger partial charge in [-0.25, -0.2) is 0 Å². The van der Waals surface area contributed by atoms with Crippen LogP contribution in [0.15, 0.2) is 18.2 Å². The third kappa shape index (κ3) is 2.95. The lowest BCUT2D eigenvalue weighted by Crippen LogP contribution is -1.98. The van der Waals surface area contributed by atoms with Gasteiger partial charge in [0, 0.05) is 17.5 Å². The van der Waals surface area contributed by atoms with Crippen molar-refractivity contribution >= 4 is 17.6 Å². The van der Waals surface area contributed by atoms with E-state index in [4.69, 9.17) is 16.3 Å². The minimum atomic E-state index is -0.380. The maximum Gasteiger partial charge on any atom is 0.302 e. The number of benzene rings is 1. The highest BCUT2D eigenvalue weighted by Crippen LogP contribution is 2.22. The van der Waals surface area contributed by atoms with Crippen LogP contribution in [0.25, 0.3) is 0 Å². The first kappa shape index (κ1) is 9.86. The molecule has 1 rings (SSSR count). The van der Waals surface area contributed by atoms with Gasteiger partial charge in [0.15, 0.2) is 0 Å². The third-order valence-electron chi connectivity index (χ3n) is 1.48.